The number of alkyl halides is 3. The lowest BCUT2D eigenvalue weighted by molar-refractivity contribution is -0.274. The molecule has 32 heavy (non-hydrogen) atoms. The third kappa shape index (κ3) is 7.22. The summed E-state index contributed by atoms with van der Waals surface area (Å²) in [5, 5.41) is 6.29. The maximum Gasteiger partial charge on any atom is 0.573 e. The van der Waals surface area contributed by atoms with Gasteiger partial charge in [0.25, 0.3) is 0 Å². The van der Waals surface area contributed by atoms with Crippen LogP contribution in [0.1, 0.15) is 24.0 Å². The average Bonchev–Trinajstić information content (AvgIpc) is 2.75. The van der Waals surface area contributed by atoms with E-state index in [0.29, 0.717) is 31.3 Å². The van der Waals surface area contributed by atoms with E-state index in [1.54, 1.807) is 31.3 Å². The molecule has 2 aromatic rings. The lowest BCUT2D eigenvalue weighted by Crippen LogP contribution is -2.48. The highest BCUT2D eigenvalue weighted by molar-refractivity contribution is 14.0. The van der Waals surface area contributed by atoms with E-state index in [4.69, 9.17) is 4.74 Å². The van der Waals surface area contributed by atoms with E-state index in [1.165, 1.54) is 24.3 Å². The monoisotopic (exact) mass is 567 g/mol. The predicted octanol–water partition coefficient (Wildman–Crippen LogP) is 4.76. The van der Waals surface area contributed by atoms with Gasteiger partial charge in [-0.05, 0) is 36.6 Å². The Morgan fingerprint density at radius 3 is 2.34 bits per heavy atom. The molecule has 3 rings (SSSR count). The molecule has 0 radical (unpaired) electrons. The fourth-order valence-corrected chi connectivity index (χ4v) is 3.66. The summed E-state index contributed by atoms with van der Waals surface area (Å²) in [5.41, 5.74) is 1.09. The summed E-state index contributed by atoms with van der Waals surface area (Å²) in [6.45, 7) is 1.79. The summed E-state index contributed by atoms with van der Waals surface area (Å²) in [6.07, 6.45) is -3.25. The van der Waals surface area contributed by atoms with Crippen molar-refractivity contribution in [3.63, 3.8) is 0 Å². The Kier molecular flexibility index (Phi) is 9.56. The van der Waals surface area contributed by atoms with E-state index >= 15 is 0 Å². The highest BCUT2D eigenvalue weighted by atomic mass is 127. The molecule has 1 fully saturated rings. The van der Waals surface area contributed by atoms with Gasteiger partial charge >= 0.3 is 6.36 Å². The molecule has 0 spiro atoms. The minimum absolute atomic E-state index is 0. The van der Waals surface area contributed by atoms with E-state index < -0.39 is 6.36 Å². The van der Waals surface area contributed by atoms with Crippen molar-refractivity contribution in [2.45, 2.75) is 31.2 Å². The standard InChI is InChI=1S/C22H25F4N3O2.HI/c1-27-20(28-14-16-4-2-3-5-19(16)31-22(24,25)26)29-15-21(10-12-30-13-11-21)17-6-8-18(23)9-7-17;/h2-9H,10-15H2,1H3,(H2,27,28,29);1H. The Morgan fingerprint density at radius 2 is 1.72 bits per heavy atom. The van der Waals surface area contributed by atoms with Gasteiger partial charge in [0.1, 0.15) is 11.6 Å². The van der Waals surface area contributed by atoms with Gasteiger partial charge in [0, 0.05) is 44.3 Å². The molecule has 1 aliphatic rings. The number of para-hydroxylation sites is 1. The van der Waals surface area contributed by atoms with Crippen molar-refractivity contribution in [2.75, 3.05) is 26.8 Å². The maximum absolute atomic E-state index is 13.4. The zero-order chi connectivity index (χ0) is 22.3. The van der Waals surface area contributed by atoms with E-state index in [2.05, 4.69) is 20.4 Å². The molecular formula is C22H26F4IN3O2. The summed E-state index contributed by atoms with van der Waals surface area (Å²) < 4.78 is 60.9. The molecule has 176 valence electrons. The summed E-state index contributed by atoms with van der Waals surface area (Å²) in [6, 6.07) is 12.4. The fraction of sp³-hybridized carbons (Fsp3) is 0.409. The van der Waals surface area contributed by atoms with Gasteiger partial charge in [0.2, 0.25) is 0 Å². The number of hydrogen-bond donors (Lipinski definition) is 2. The smallest absolute Gasteiger partial charge is 0.405 e. The third-order valence-electron chi connectivity index (χ3n) is 5.37. The molecule has 0 bridgehead atoms. The van der Waals surface area contributed by atoms with Crippen molar-refractivity contribution in [1.29, 1.82) is 0 Å². The highest BCUT2D eigenvalue weighted by Crippen LogP contribution is 2.34. The van der Waals surface area contributed by atoms with Gasteiger partial charge in [-0.3, -0.25) is 4.99 Å². The second kappa shape index (κ2) is 11.7. The number of nitrogens with one attached hydrogen (secondary N) is 2. The van der Waals surface area contributed by atoms with Crippen molar-refractivity contribution in [3.8, 4) is 5.75 Å². The zero-order valence-electron chi connectivity index (χ0n) is 17.5. The number of halogens is 5. The molecule has 0 unspecified atom stereocenters. The Bertz CT molecular complexity index is 885. The van der Waals surface area contributed by atoms with Crippen LogP contribution in [0, 0.1) is 5.82 Å². The molecule has 1 saturated heterocycles. The number of guanidine groups is 1. The molecule has 0 aliphatic carbocycles. The molecule has 0 atom stereocenters. The highest BCUT2D eigenvalue weighted by Gasteiger charge is 2.35. The van der Waals surface area contributed by atoms with Crippen molar-refractivity contribution < 1.29 is 27.0 Å². The van der Waals surface area contributed by atoms with Gasteiger partial charge in [-0.25, -0.2) is 4.39 Å². The minimum atomic E-state index is -4.76. The van der Waals surface area contributed by atoms with Crippen molar-refractivity contribution >= 4 is 29.9 Å². The van der Waals surface area contributed by atoms with Gasteiger partial charge in [0.05, 0.1) is 0 Å². The Morgan fingerprint density at radius 1 is 1.06 bits per heavy atom. The normalized spacial score (nSPS) is 16.1. The molecule has 0 saturated carbocycles. The predicted molar refractivity (Wildman–Crippen MR) is 125 cm³/mol. The first-order valence-corrected chi connectivity index (χ1v) is 9.93. The van der Waals surface area contributed by atoms with Crippen LogP contribution in [0.2, 0.25) is 0 Å². The molecule has 1 aliphatic heterocycles. The van der Waals surface area contributed by atoms with Crippen LogP contribution < -0.4 is 15.4 Å². The summed E-state index contributed by atoms with van der Waals surface area (Å²) >= 11 is 0. The van der Waals surface area contributed by atoms with E-state index in [0.717, 1.165) is 18.4 Å². The average molecular weight is 567 g/mol. The van der Waals surface area contributed by atoms with Crippen molar-refractivity contribution in [1.82, 2.24) is 10.6 Å². The molecule has 0 amide bonds. The van der Waals surface area contributed by atoms with Crippen molar-refractivity contribution in [2.24, 2.45) is 4.99 Å². The quantitative estimate of drug-likeness (QED) is 0.229. The first kappa shape index (κ1) is 26.2. The second-order valence-corrected chi connectivity index (χ2v) is 7.33. The molecular weight excluding hydrogens is 541 g/mol. The molecule has 0 aromatic heterocycles. The topological polar surface area (TPSA) is 54.9 Å². The van der Waals surface area contributed by atoms with Gasteiger partial charge in [-0.1, -0.05) is 30.3 Å². The Balaban J connectivity index is 0.00000363. The zero-order valence-corrected chi connectivity index (χ0v) is 19.9. The van der Waals surface area contributed by atoms with Crippen LogP contribution in [0.4, 0.5) is 17.6 Å². The second-order valence-electron chi connectivity index (χ2n) is 7.33. The van der Waals surface area contributed by atoms with Crippen LogP contribution in [0.25, 0.3) is 0 Å². The van der Waals surface area contributed by atoms with Crippen LogP contribution in [0.15, 0.2) is 53.5 Å². The van der Waals surface area contributed by atoms with Crippen LogP contribution in [0.5, 0.6) is 5.75 Å². The molecule has 1 heterocycles. The van der Waals surface area contributed by atoms with Crippen LogP contribution in [0.3, 0.4) is 0 Å². The number of hydrogen-bond acceptors (Lipinski definition) is 3. The lowest BCUT2D eigenvalue weighted by atomic mass is 9.74. The Hall–Kier alpha value is -2.08. The largest absolute Gasteiger partial charge is 0.573 e. The number of nitrogens with zero attached hydrogens (tertiary/aromatic N) is 1. The summed E-state index contributed by atoms with van der Waals surface area (Å²) in [7, 11) is 1.59. The van der Waals surface area contributed by atoms with Gasteiger partial charge in [0.15, 0.2) is 5.96 Å². The molecule has 2 N–H and O–H groups in total. The number of rotatable bonds is 6. The van der Waals surface area contributed by atoms with E-state index in [9.17, 15) is 17.6 Å². The van der Waals surface area contributed by atoms with Crippen LogP contribution in [-0.4, -0.2) is 39.1 Å². The summed E-state index contributed by atoms with van der Waals surface area (Å²) in [5.74, 6) is -0.115. The lowest BCUT2D eigenvalue weighted by Gasteiger charge is -2.38. The first-order valence-electron chi connectivity index (χ1n) is 9.93. The van der Waals surface area contributed by atoms with Crippen molar-refractivity contribution in [3.05, 3.63) is 65.5 Å². The molecule has 10 heteroatoms. The number of ether oxygens (including phenoxy) is 2. The fourth-order valence-electron chi connectivity index (χ4n) is 3.66. The minimum Gasteiger partial charge on any atom is -0.405 e. The SMILES string of the molecule is CN=C(NCc1ccccc1OC(F)(F)F)NCC1(c2ccc(F)cc2)CCOCC1.I. The van der Waals surface area contributed by atoms with Crippen LogP contribution in [-0.2, 0) is 16.7 Å². The first-order chi connectivity index (χ1) is 14.8. The number of aliphatic imine (C=N–C) groups is 1. The summed E-state index contributed by atoms with van der Waals surface area (Å²) in [4.78, 5) is 4.17. The third-order valence-corrected chi connectivity index (χ3v) is 5.37. The van der Waals surface area contributed by atoms with Gasteiger partial charge < -0.3 is 20.1 Å². The van der Waals surface area contributed by atoms with Gasteiger partial charge in [-0.15, -0.1) is 37.1 Å². The molecule has 5 nitrogen and oxygen atoms in total. The number of benzene rings is 2. The molecule has 2 aromatic carbocycles. The van der Waals surface area contributed by atoms with Gasteiger partial charge in [-0.2, -0.15) is 0 Å². The Labute approximate surface area is 201 Å². The maximum atomic E-state index is 13.4. The van der Waals surface area contributed by atoms with E-state index in [1.807, 2.05) is 0 Å². The van der Waals surface area contributed by atoms with Crippen LogP contribution >= 0.6 is 24.0 Å². The van der Waals surface area contributed by atoms with E-state index in [-0.39, 0.29) is 47.5 Å².